The number of alkyl halides is 2. The van der Waals surface area contributed by atoms with Crippen LogP contribution in [0.2, 0.25) is 5.02 Å². The quantitative estimate of drug-likeness (QED) is 0.662. The summed E-state index contributed by atoms with van der Waals surface area (Å²) in [5.41, 5.74) is 3.75. The minimum Gasteiger partial charge on any atom is -0.464 e. The number of pyridine rings is 1. The number of hydrogen-bond acceptors (Lipinski definition) is 5. The predicted molar refractivity (Wildman–Crippen MR) is 77.0 cm³/mol. The summed E-state index contributed by atoms with van der Waals surface area (Å²) in [5, 5.41) is -0.457. The Morgan fingerprint density at radius 3 is 2.54 bits per heavy atom. The van der Waals surface area contributed by atoms with Gasteiger partial charge in [0.05, 0.1) is 17.8 Å². The highest BCUT2D eigenvalue weighted by Crippen LogP contribution is 2.34. The first-order valence-electron chi connectivity index (χ1n) is 6.23. The molecule has 1 aromatic heterocycles. The molecule has 2 aromatic rings. The molecule has 2 N–H and O–H groups in total. The molecule has 0 aliphatic carbocycles. The number of hydrogen-bond donors (Lipinski definition) is 1. The summed E-state index contributed by atoms with van der Waals surface area (Å²) in [6, 6.07) is 2.64. The topological polar surface area (TPSA) is 74.4 Å². The molecule has 0 radical (unpaired) electrons. The number of methoxy groups -OCH3 is 1. The van der Waals surface area contributed by atoms with Gasteiger partial charge in [0.1, 0.15) is 5.69 Å². The third-order valence-corrected chi connectivity index (χ3v) is 3.30. The number of ether oxygens (including phenoxy) is 2. The molecule has 1 aromatic carbocycles. The molecule has 2 rings (SSSR count). The van der Waals surface area contributed by atoms with E-state index in [9.17, 15) is 22.4 Å². The number of esters is 1. The number of rotatable bonds is 4. The first kappa shape index (κ1) is 17.8. The number of nitrogens with zero attached hydrogens (tertiary/aromatic N) is 1. The fraction of sp³-hybridized carbons (Fsp3) is 0.143. The van der Waals surface area contributed by atoms with Crippen molar-refractivity contribution in [2.45, 2.75) is 6.61 Å². The lowest BCUT2D eigenvalue weighted by atomic mass is 10.1. The Morgan fingerprint density at radius 2 is 2.00 bits per heavy atom. The average molecular weight is 365 g/mol. The van der Waals surface area contributed by atoms with Crippen LogP contribution in [0.15, 0.2) is 18.2 Å². The first-order valence-corrected chi connectivity index (χ1v) is 6.61. The van der Waals surface area contributed by atoms with Gasteiger partial charge in [-0.15, -0.1) is 0 Å². The summed E-state index contributed by atoms with van der Waals surface area (Å²) in [4.78, 5) is 15.3. The first-order chi connectivity index (χ1) is 11.3. The predicted octanol–water partition coefficient (Wildman–Crippen LogP) is 3.65. The van der Waals surface area contributed by atoms with Crippen LogP contribution in [0.5, 0.6) is 5.75 Å². The van der Waals surface area contributed by atoms with Gasteiger partial charge in [0.15, 0.2) is 23.1 Å². The van der Waals surface area contributed by atoms with E-state index in [1.165, 1.54) is 0 Å². The van der Waals surface area contributed by atoms with Crippen LogP contribution in [0.1, 0.15) is 10.5 Å². The van der Waals surface area contributed by atoms with Crippen molar-refractivity contribution in [3.63, 3.8) is 0 Å². The van der Waals surface area contributed by atoms with Gasteiger partial charge in [0.25, 0.3) is 0 Å². The fourth-order valence-corrected chi connectivity index (χ4v) is 2.03. The third-order valence-electron chi connectivity index (χ3n) is 2.91. The molecule has 0 saturated heterocycles. The molecule has 0 fully saturated rings. The van der Waals surface area contributed by atoms with Crippen molar-refractivity contribution < 1.29 is 31.8 Å². The zero-order valence-corrected chi connectivity index (χ0v) is 12.7. The van der Waals surface area contributed by atoms with Gasteiger partial charge in [-0.2, -0.15) is 8.78 Å². The largest absolute Gasteiger partial charge is 0.464 e. The van der Waals surface area contributed by atoms with E-state index in [4.69, 9.17) is 17.3 Å². The van der Waals surface area contributed by atoms with Gasteiger partial charge in [-0.3, -0.25) is 0 Å². The van der Waals surface area contributed by atoms with Crippen LogP contribution in [0.3, 0.4) is 0 Å². The van der Waals surface area contributed by atoms with Crippen molar-refractivity contribution in [2.75, 3.05) is 12.8 Å². The SMILES string of the molecule is COC(=O)c1nc(-c2ccc(OC(F)F)c(F)c2)c(F)c(N)c1Cl. The minimum atomic E-state index is -3.22. The van der Waals surface area contributed by atoms with Gasteiger partial charge in [0, 0.05) is 5.56 Å². The molecule has 0 atom stereocenters. The van der Waals surface area contributed by atoms with Crippen molar-refractivity contribution in [1.82, 2.24) is 4.98 Å². The number of halogens is 5. The van der Waals surface area contributed by atoms with E-state index in [2.05, 4.69) is 14.5 Å². The molecule has 1 heterocycles. The molecular formula is C14H9ClF4N2O3. The van der Waals surface area contributed by atoms with E-state index in [-0.39, 0.29) is 5.56 Å². The Balaban J connectivity index is 2.58. The molecule has 0 unspecified atom stereocenters. The van der Waals surface area contributed by atoms with Crippen LogP contribution in [0.4, 0.5) is 23.2 Å². The summed E-state index contributed by atoms with van der Waals surface area (Å²) >= 11 is 5.74. The van der Waals surface area contributed by atoms with Crippen molar-refractivity contribution in [2.24, 2.45) is 0 Å². The molecule has 0 amide bonds. The Labute approximate surface area is 137 Å². The lowest BCUT2D eigenvalue weighted by Gasteiger charge is -2.11. The summed E-state index contributed by atoms with van der Waals surface area (Å²) in [6.45, 7) is -3.22. The van der Waals surface area contributed by atoms with Crippen LogP contribution in [0, 0.1) is 11.6 Å². The fourth-order valence-electron chi connectivity index (χ4n) is 1.82. The minimum absolute atomic E-state index is 0.167. The number of nitrogen functional groups attached to an aromatic ring is 1. The lowest BCUT2D eigenvalue weighted by Crippen LogP contribution is -2.10. The highest BCUT2D eigenvalue weighted by atomic mass is 35.5. The molecule has 24 heavy (non-hydrogen) atoms. The normalized spacial score (nSPS) is 10.8. The molecule has 128 valence electrons. The molecule has 0 saturated carbocycles. The summed E-state index contributed by atoms with van der Waals surface area (Å²) in [6.07, 6.45) is 0. The van der Waals surface area contributed by atoms with Gasteiger partial charge < -0.3 is 15.2 Å². The van der Waals surface area contributed by atoms with Crippen LogP contribution < -0.4 is 10.5 Å². The van der Waals surface area contributed by atoms with Gasteiger partial charge in [-0.1, -0.05) is 11.6 Å². The summed E-state index contributed by atoms with van der Waals surface area (Å²) < 4.78 is 60.7. The molecule has 0 bridgehead atoms. The number of anilines is 1. The summed E-state index contributed by atoms with van der Waals surface area (Å²) in [5.74, 6) is -3.99. The van der Waals surface area contributed by atoms with Gasteiger partial charge in [0.2, 0.25) is 0 Å². The third kappa shape index (κ3) is 3.35. The van der Waals surface area contributed by atoms with E-state index in [0.717, 1.165) is 19.2 Å². The van der Waals surface area contributed by atoms with Crippen LogP contribution >= 0.6 is 11.6 Å². The van der Waals surface area contributed by atoms with E-state index in [1.54, 1.807) is 0 Å². The van der Waals surface area contributed by atoms with Gasteiger partial charge >= 0.3 is 12.6 Å². The lowest BCUT2D eigenvalue weighted by molar-refractivity contribution is -0.0521. The number of benzene rings is 1. The highest BCUT2D eigenvalue weighted by molar-refractivity contribution is 6.35. The maximum Gasteiger partial charge on any atom is 0.387 e. The Morgan fingerprint density at radius 1 is 1.33 bits per heavy atom. The number of nitrogens with two attached hydrogens (primary N) is 1. The van der Waals surface area contributed by atoms with Crippen LogP contribution in [-0.4, -0.2) is 24.7 Å². The maximum absolute atomic E-state index is 14.2. The van der Waals surface area contributed by atoms with Crippen LogP contribution in [-0.2, 0) is 4.74 Å². The van der Waals surface area contributed by atoms with Gasteiger partial charge in [-0.05, 0) is 18.2 Å². The van der Waals surface area contributed by atoms with Crippen molar-refractivity contribution >= 4 is 23.3 Å². The smallest absolute Gasteiger partial charge is 0.387 e. The van der Waals surface area contributed by atoms with E-state index >= 15 is 0 Å². The monoisotopic (exact) mass is 364 g/mol. The maximum atomic E-state index is 14.2. The highest BCUT2D eigenvalue weighted by Gasteiger charge is 2.23. The molecule has 10 heteroatoms. The van der Waals surface area contributed by atoms with Gasteiger partial charge in [-0.25, -0.2) is 18.6 Å². The second-order valence-electron chi connectivity index (χ2n) is 4.37. The Hall–Kier alpha value is -2.55. The Bertz CT molecular complexity index is 802. The second-order valence-corrected chi connectivity index (χ2v) is 4.74. The summed E-state index contributed by atoms with van der Waals surface area (Å²) in [7, 11) is 1.05. The van der Waals surface area contributed by atoms with Crippen molar-refractivity contribution in [1.29, 1.82) is 0 Å². The second kappa shape index (κ2) is 6.91. The standard InChI is InChI=1S/C14H9ClF4N2O3/c1-23-13(22)12-8(15)10(20)9(17)11(21-12)5-2-3-7(6(16)4-5)24-14(18)19/h2-4,14H,1H3,(H2,20,21). The molecule has 5 nitrogen and oxygen atoms in total. The average Bonchev–Trinajstić information content (AvgIpc) is 2.54. The zero-order chi connectivity index (χ0) is 18.0. The van der Waals surface area contributed by atoms with Crippen molar-refractivity contribution in [3.05, 3.63) is 40.6 Å². The van der Waals surface area contributed by atoms with E-state index in [0.29, 0.717) is 6.07 Å². The zero-order valence-electron chi connectivity index (χ0n) is 11.9. The number of aromatic nitrogens is 1. The van der Waals surface area contributed by atoms with E-state index in [1.807, 2.05) is 0 Å². The molecular weight excluding hydrogens is 356 g/mol. The van der Waals surface area contributed by atoms with Crippen LogP contribution in [0.25, 0.3) is 11.3 Å². The Kier molecular flexibility index (Phi) is 5.13. The molecule has 0 spiro atoms. The van der Waals surface area contributed by atoms with E-state index < -0.39 is 52.1 Å². The van der Waals surface area contributed by atoms with Crippen molar-refractivity contribution in [3.8, 4) is 17.0 Å². The molecule has 0 aliphatic heterocycles. The molecule has 0 aliphatic rings. The number of carbonyl (C=O) groups is 1. The number of carbonyl (C=O) groups excluding carboxylic acids is 1.